The molecule has 4 nitrogen and oxygen atoms in total. The van der Waals surface area contributed by atoms with E-state index in [-0.39, 0.29) is 5.88 Å². The molecule has 3 rings (SSSR count). The highest BCUT2D eigenvalue weighted by molar-refractivity contribution is 5.56. The highest BCUT2D eigenvalue weighted by Crippen LogP contribution is 2.28. The number of ether oxygens (including phenoxy) is 1. The second kappa shape index (κ2) is 6.40. The number of aromatic nitrogens is 2. The van der Waals surface area contributed by atoms with Crippen LogP contribution in [0.15, 0.2) is 30.5 Å². The van der Waals surface area contributed by atoms with E-state index in [9.17, 15) is 4.39 Å². The first-order valence-corrected chi connectivity index (χ1v) is 7.60. The molecular weight excluding hydrogens is 281 g/mol. The maximum atomic E-state index is 13.4. The number of hydrogen-bond acceptors (Lipinski definition) is 4. The Labute approximate surface area is 130 Å². The summed E-state index contributed by atoms with van der Waals surface area (Å²) in [7, 11) is 1.40. The molecule has 2 aromatic rings. The molecule has 0 spiro atoms. The van der Waals surface area contributed by atoms with Crippen molar-refractivity contribution in [2.24, 2.45) is 0 Å². The third-order valence-electron chi connectivity index (χ3n) is 4.22. The maximum absolute atomic E-state index is 13.4. The highest BCUT2D eigenvalue weighted by Gasteiger charge is 2.20. The van der Waals surface area contributed by atoms with Gasteiger partial charge in [-0.2, -0.15) is 9.37 Å². The van der Waals surface area contributed by atoms with E-state index in [0.717, 1.165) is 24.8 Å². The Kier molecular flexibility index (Phi) is 4.34. The number of hydrogen-bond donors (Lipinski definition) is 0. The minimum Gasteiger partial charge on any atom is -0.479 e. The van der Waals surface area contributed by atoms with Gasteiger partial charge in [-0.25, -0.2) is 4.98 Å². The summed E-state index contributed by atoms with van der Waals surface area (Å²) >= 11 is 0. The fourth-order valence-corrected chi connectivity index (χ4v) is 2.91. The van der Waals surface area contributed by atoms with Crippen LogP contribution in [0.25, 0.3) is 11.4 Å². The van der Waals surface area contributed by atoms with E-state index in [2.05, 4.69) is 33.9 Å². The van der Waals surface area contributed by atoms with Gasteiger partial charge in [-0.3, -0.25) is 4.90 Å². The van der Waals surface area contributed by atoms with E-state index >= 15 is 0 Å². The zero-order valence-corrected chi connectivity index (χ0v) is 12.9. The third kappa shape index (κ3) is 2.95. The smallest absolute Gasteiger partial charge is 0.253 e. The lowest BCUT2D eigenvalue weighted by atomic mass is 10.0. The van der Waals surface area contributed by atoms with Crippen molar-refractivity contribution in [3.8, 4) is 17.3 Å². The molecule has 1 aliphatic heterocycles. The largest absolute Gasteiger partial charge is 0.479 e. The minimum absolute atomic E-state index is 0.0250. The summed E-state index contributed by atoms with van der Waals surface area (Å²) < 4.78 is 18.4. The van der Waals surface area contributed by atoms with Crippen molar-refractivity contribution in [2.45, 2.75) is 25.8 Å². The second-order valence-electron chi connectivity index (χ2n) is 5.60. The van der Waals surface area contributed by atoms with E-state index in [1.54, 1.807) is 0 Å². The van der Waals surface area contributed by atoms with Crippen LogP contribution >= 0.6 is 0 Å². The summed E-state index contributed by atoms with van der Waals surface area (Å²) in [5.41, 5.74) is 2.10. The number of nitrogens with zero attached hydrogens (tertiary/aromatic N) is 3. The molecule has 0 amide bonds. The fourth-order valence-electron chi connectivity index (χ4n) is 2.91. The van der Waals surface area contributed by atoms with E-state index in [0.29, 0.717) is 11.9 Å². The molecule has 1 atom stereocenters. The lowest BCUT2D eigenvalue weighted by molar-refractivity contribution is 0.263. The summed E-state index contributed by atoms with van der Waals surface area (Å²) in [5, 5.41) is 0. The Bertz CT molecular complexity index is 656. The van der Waals surface area contributed by atoms with E-state index < -0.39 is 5.82 Å². The Morgan fingerprint density at radius 3 is 2.77 bits per heavy atom. The molecule has 0 saturated carbocycles. The topological polar surface area (TPSA) is 38.2 Å². The third-order valence-corrected chi connectivity index (χ3v) is 4.22. The van der Waals surface area contributed by atoms with Crippen LogP contribution in [0.1, 0.15) is 31.4 Å². The zero-order chi connectivity index (χ0) is 15.5. The van der Waals surface area contributed by atoms with Crippen LogP contribution in [0.4, 0.5) is 4.39 Å². The number of benzene rings is 1. The summed E-state index contributed by atoms with van der Waals surface area (Å²) in [4.78, 5) is 10.7. The number of halogens is 1. The molecule has 1 saturated heterocycles. The molecule has 1 fully saturated rings. The van der Waals surface area contributed by atoms with Gasteiger partial charge in [-0.1, -0.05) is 18.2 Å². The maximum Gasteiger partial charge on any atom is 0.253 e. The monoisotopic (exact) mass is 301 g/mol. The Morgan fingerprint density at radius 1 is 1.27 bits per heavy atom. The molecule has 0 unspecified atom stereocenters. The van der Waals surface area contributed by atoms with Gasteiger partial charge in [0.05, 0.1) is 13.3 Å². The molecule has 1 aliphatic rings. The zero-order valence-electron chi connectivity index (χ0n) is 12.9. The summed E-state index contributed by atoms with van der Waals surface area (Å²) in [6.45, 7) is 4.51. The quantitative estimate of drug-likeness (QED) is 0.867. The average molecular weight is 301 g/mol. The van der Waals surface area contributed by atoms with Crippen molar-refractivity contribution in [3.05, 3.63) is 41.8 Å². The van der Waals surface area contributed by atoms with Crippen molar-refractivity contribution in [2.75, 3.05) is 20.2 Å². The van der Waals surface area contributed by atoms with Gasteiger partial charge in [0.25, 0.3) is 5.88 Å². The van der Waals surface area contributed by atoms with Gasteiger partial charge >= 0.3 is 0 Å². The molecule has 116 valence electrons. The molecule has 0 aliphatic carbocycles. The predicted octanol–water partition coefficient (Wildman–Crippen LogP) is 3.45. The van der Waals surface area contributed by atoms with Gasteiger partial charge in [0.1, 0.15) is 0 Å². The molecule has 5 heteroatoms. The molecule has 0 bridgehead atoms. The fraction of sp³-hybridized carbons (Fsp3) is 0.412. The van der Waals surface area contributed by atoms with Crippen LogP contribution in [0.5, 0.6) is 5.88 Å². The van der Waals surface area contributed by atoms with Crippen LogP contribution < -0.4 is 4.74 Å². The van der Waals surface area contributed by atoms with Gasteiger partial charge in [0.15, 0.2) is 5.82 Å². The molecule has 22 heavy (non-hydrogen) atoms. The summed E-state index contributed by atoms with van der Waals surface area (Å²) in [6, 6.07) is 8.50. The predicted molar refractivity (Wildman–Crippen MR) is 83.2 cm³/mol. The second-order valence-corrected chi connectivity index (χ2v) is 5.60. The molecule has 0 radical (unpaired) electrons. The summed E-state index contributed by atoms with van der Waals surface area (Å²) in [6.07, 6.45) is 3.68. The van der Waals surface area contributed by atoms with Gasteiger partial charge in [0.2, 0.25) is 5.82 Å². The van der Waals surface area contributed by atoms with Crippen LogP contribution in [0, 0.1) is 5.82 Å². The Morgan fingerprint density at radius 2 is 2.05 bits per heavy atom. The normalized spacial score (nSPS) is 16.7. The van der Waals surface area contributed by atoms with Crippen LogP contribution in [0.2, 0.25) is 0 Å². The van der Waals surface area contributed by atoms with Crippen molar-refractivity contribution >= 4 is 0 Å². The lowest BCUT2D eigenvalue weighted by Crippen LogP contribution is -2.23. The van der Waals surface area contributed by atoms with Crippen LogP contribution in [-0.4, -0.2) is 35.1 Å². The number of rotatable bonds is 4. The van der Waals surface area contributed by atoms with Gasteiger partial charge < -0.3 is 4.74 Å². The van der Waals surface area contributed by atoms with E-state index in [1.165, 1.54) is 25.5 Å². The summed E-state index contributed by atoms with van der Waals surface area (Å²) in [5.74, 6) is -0.0930. The van der Waals surface area contributed by atoms with E-state index in [1.807, 2.05) is 12.1 Å². The first-order valence-electron chi connectivity index (χ1n) is 7.60. The van der Waals surface area contributed by atoms with Gasteiger partial charge in [-0.15, -0.1) is 0 Å². The number of methoxy groups -OCH3 is 1. The van der Waals surface area contributed by atoms with Gasteiger partial charge in [-0.05, 0) is 44.5 Å². The van der Waals surface area contributed by atoms with Crippen molar-refractivity contribution in [3.63, 3.8) is 0 Å². The average Bonchev–Trinajstić information content (AvgIpc) is 3.09. The lowest BCUT2D eigenvalue weighted by Gasteiger charge is -2.24. The van der Waals surface area contributed by atoms with Crippen molar-refractivity contribution in [1.29, 1.82) is 0 Å². The molecular formula is C17H20FN3O. The standard InChI is InChI=1S/C17H20FN3O/c1-12(21-8-3-4-9-21)13-6-5-7-14(10-13)16-19-11-15(18)17(20-16)22-2/h5-7,10-12H,3-4,8-9H2,1-2H3/t12-/m0/s1. The van der Waals surface area contributed by atoms with E-state index in [4.69, 9.17) is 4.74 Å². The SMILES string of the molecule is COc1nc(-c2cccc([C@H](C)N3CCCC3)c2)ncc1F. The van der Waals surface area contributed by atoms with Crippen molar-refractivity contribution in [1.82, 2.24) is 14.9 Å². The molecule has 2 heterocycles. The van der Waals surface area contributed by atoms with Crippen LogP contribution in [-0.2, 0) is 0 Å². The van der Waals surface area contributed by atoms with Crippen LogP contribution in [0.3, 0.4) is 0 Å². The van der Waals surface area contributed by atoms with Gasteiger partial charge in [0, 0.05) is 11.6 Å². The molecule has 1 aromatic heterocycles. The molecule has 1 aromatic carbocycles. The Hall–Kier alpha value is -2.01. The number of likely N-dealkylation sites (tertiary alicyclic amines) is 1. The first kappa shape index (κ1) is 14.9. The highest BCUT2D eigenvalue weighted by atomic mass is 19.1. The molecule has 0 N–H and O–H groups in total. The minimum atomic E-state index is -0.548. The van der Waals surface area contributed by atoms with Crippen molar-refractivity contribution < 1.29 is 9.13 Å². The first-order chi connectivity index (χ1) is 10.7. The Balaban J connectivity index is 1.90.